The molecule has 0 saturated carbocycles. The number of carbonyl (C=O) groups is 2. The maximum absolute atomic E-state index is 13.1. The van der Waals surface area contributed by atoms with E-state index >= 15 is 0 Å². The smallest absolute Gasteiger partial charge is 0.347 e. The molecule has 11 heteroatoms. The van der Waals surface area contributed by atoms with Gasteiger partial charge in [-0.1, -0.05) is 61.9 Å². The molecule has 1 aromatic heterocycles. The number of aromatic nitrogens is 4. The number of nitrogens with zero attached hydrogens (tertiary/aromatic N) is 5. The fourth-order valence-corrected chi connectivity index (χ4v) is 5.86. The number of aliphatic hydroxyl groups excluding tert-OH is 1. The molecule has 2 atom stereocenters. The number of benzene rings is 2. The van der Waals surface area contributed by atoms with Crippen LogP contribution >= 0.6 is 0 Å². The lowest BCUT2D eigenvalue weighted by atomic mass is 9.98. The number of tetrazole rings is 1. The van der Waals surface area contributed by atoms with E-state index in [1.54, 1.807) is 4.90 Å². The fourth-order valence-electron chi connectivity index (χ4n) is 5.86. The van der Waals surface area contributed by atoms with Crippen molar-refractivity contribution in [2.24, 2.45) is 0 Å². The van der Waals surface area contributed by atoms with Crippen LogP contribution < -0.4 is 5.32 Å². The third-order valence-electron chi connectivity index (χ3n) is 7.90. The lowest BCUT2D eigenvalue weighted by molar-refractivity contribution is -0.139. The number of aromatic amines is 1. The SMILES string of the molecule is CCCCC1NC2=C(CN3C(=O)C(C(=O)OC)=C(O)C3C2)N1Cc1ccc(-c2ccccc2-c2nn[nH]n2)cc1. The van der Waals surface area contributed by atoms with Crippen molar-refractivity contribution >= 4 is 11.9 Å². The number of esters is 1. The molecule has 40 heavy (non-hydrogen) atoms. The molecule has 2 unspecified atom stereocenters. The minimum Gasteiger partial charge on any atom is -0.509 e. The van der Waals surface area contributed by atoms with Gasteiger partial charge in [0.1, 0.15) is 5.76 Å². The van der Waals surface area contributed by atoms with Crippen molar-refractivity contribution in [1.29, 1.82) is 0 Å². The summed E-state index contributed by atoms with van der Waals surface area (Å²) in [5.41, 5.74) is 5.87. The Bertz CT molecular complexity index is 1500. The predicted octanol–water partition coefficient (Wildman–Crippen LogP) is 3.27. The van der Waals surface area contributed by atoms with Crippen LogP contribution in [0.3, 0.4) is 0 Å². The van der Waals surface area contributed by atoms with Gasteiger partial charge in [-0.3, -0.25) is 4.79 Å². The van der Waals surface area contributed by atoms with E-state index in [2.05, 4.69) is 62.0 Å². The molecule has 206 valence electrons. The molecule has 0 saturated heterocycles. The second kappa shape index (κ2) is 10.5. The first kappa shape index (κ1) is 25.6. The van der Waals surface area contributed by atoms with Crippen molar-refractivity contribution in [3.63, 3.8) is 0 Å². The van der Waals surface area contributed by atoms with Crippen molar-refractivity contribution < 1.29 is 19.4 Å². The van der Waals surface area contributed by atoms with E-state index < -0.39 is 17.9 Å². The average Bonchev–Trinajstić information content (AvgIpc) is 3.69. The summed E-state index contributed by atoms with van der Waals surface area (Å²) in [6.45, 7) is 3.14. The number of H-pyrrole nitrogens is 1. The Balaban J connectivity index is 1.25. The number of nitrogens with one attached hydrogen (secondary N) is 2. The van der Waals surface area contributed by atoms with Gasteiger partial charge in [-0.2, -0.15) is 5.21 Å². The molecule has 3 aromatic rings. The van der Waals surface area contributed by atoms with E-state index in [9.17, 15) is 14.7 Å². The number of hydrogen-bond acceptors (Lipinski definition) is 9. The molecule has 3 N–H and O–H groups in total. The number of ether oxygens (including phenoxy) is 1. The van der Waals surface area contributed by atoms with E-state index in [0.717, 1.165) is 52.9 Å². The topological polar surface area (TPSA) is 137 Å². The largest absolute Gasteiger partial charge is 0.509 e. The van der Waals surface area contributed by atoms with Gasteiger partial charge in [-0.25, -0.2) is 4.79 Å². The first-order valence-electron chi connectivity index (χ1n) is 13.5. The minimum atomic E-state index is -0.802. The Kier molecular flexibility index (Phi) is 6.71. The summed E-state index contributed by atoms with van der Waals surface area (Å²) >= 11 is 0. The van der Waals surface area contributed by atoms with Gasteiger partial charge in [0, 0.05) is 24.2 Å². The number of amides is 1. The minimum absolute atomic E-state index is 0.0879. The van der Waals surface area contributed by atoms with Crippen LogP contribution in [0.2, 0.25) is 0 Å². The van der Waals surface area contributed by atoms with E-state index in [1.165, 1.54) is 7.11 Å². The number of rotatable bonds is 8. The van der Waals surface area contributed by atoms with Crippen LogP contribution in [0.15, 0.2) is 71.3 Å². The van der Waals surface area contributed by atoms with Crippen molar-refractivity contribution in [3.8, 4) is 22.5 Å². The molecule has 3 aliphatic heterocycles. The lowest BCUT2D eigenvalue weighted by Gasteiger charge is -2.34. The van der Waals surface area contributed by atoms with Gasteiger partial charge < -0.3 is 25.0 Å². The molecule has 0 radical (unpaired) electrons. The van der Waals surface area contributed by atoms with Crippen LogP contribution in [-0.4, -0.2) is 73.3 Å². The van der Waals surface area contributed by atoms with Gasteiger partial charge >= 0.3 is 5.97 Å². The highest BCUT2D eigenvalue weighted by atomic mass is 16.5. The first-order valence-corrected chi connectivity index (χ1v) is 13.5. The summed E-state index contributed by atoms with van der Waals surface area (Å²) in [6, 6.07) is 15.8. The van der Waals surface area contributed by atoms with E-state index in [-0.39, 0.29) is 17.5 Å². The molecule has 0 bridgehead atoms. The van der Waals surface area contributed by atoms with Crippen LogP contribution in [-0.2, 0) is 20.9 Å². The summed E-state index contributed by atoms with van der Waals surface area (Å²) in [6.07, 6.45) is 3.60. The Labute approximate surface area is 231 Å². The van der Waals surface area contributed by atoms with Gasteiger partial charge in [-0.05, 0) is 34.7 Å². The van der Waals surface area contributed by atoms with Crippen LogP contribution in [0.5, 0.6) is 0 Å². The Morgan fingerprint density at radius 3 is 2.62 bits per heavy atom. The van der Waals surface area contributed by atoms with Gasteiger partial charge in [0.25, 0.3) is 5.91 Å². The quantitative estimate of drug-likeness (QED) is 0.290. The zero-order valence-electron chi connectivity index (χ0n) is 22.4. The van der Waals surface area contributed by atoms with Crippen LogP contribution in [0.25, 0.3) is 22.5 Å². The summed E-state index contributed by atoms with van der Waals surface area (Å²) in [5, 5.41) is 28.9. The van der Waals surface area contributed by atoms with Gasteiger partial charge in [-0.15, -0.1) is 10.2 Å². The molecule has 2 aromatic carbocycles. The molecule has 3 aliphatic rings. The fraction of sp³-hybridized carbons (Fsp3) is 0.345. The second-order valence-corrected chi connectivity index (χ2v) is 10.2. The Morgan fingerprint density at radius 1 is 1.15 bits per heavy atom. The summed E-state index contributed by atoms with van der Waals surface area (Å²) in [5.74, 6) is -0.944. The summed E-state index contributed by atoms with van der Waals surface area (Å²) < 4.78 is 4.75. The third-order valence-corrected chi connectivity index (χ3v) is 7.90. The van der Waals surface area contributed by atoms with Crippen molar-refractivity contribution in [2.75, 3.05) is 13.7 Å². The molecular weight excluding hydrogens is 510 g/mol. The normalized spacial score (nSPS) is 20.1. The number of fused-ring (bicyclic) bond motifs is 1. The van der Waals surface area contributed by atoms with E-state index in [0.29, 0.717) is 25.3 Å². The second-order valence-electron chi connectivity index (χ2n) is 10.2. The van der Waals surface area contributed by atoms with Crippen molar-refractivity contribution in [1.82, 2.24) is 35.7 Å². The first-order chi connectivity index (χ1) is 19.5. The van der Waals surface area contributed by atoms with Crippen molar-refractivity contribution in [2.45, 2.75) is 51.4 Å². The summed E-state index contributed by atoms with van der Waals surface area (Å²) in [7, 11) is 1.21. The molecule has 0 spiro atoms. The van der Waals surface area contributed by atoms with Gasteiger partial charge in [0.05, 0.1) is 31.6 Å². The molecule has 1 amide bonds. The number of unbranched alkanes of at least 4 members (excludes halogenated alkanes) is 1. The monoisotopic (exact) mass is 541 g/mol. The van der Waals surface area contributed by atoms with E-state index in [4.69, 9.17) is 4.74 Å². The Hall–Kier alpha value is -4.67. The number of aliphatic hydroxyl groups is 1. The van der Waals surface area contributed by atoms with E-state index in [1.807, 2.05) is 24.3 Å². The number of carbonyl (C=O) groups excluding carboxylic acids is 2. The maximum Gasteiger partial charge on any atom is 0.347 e. The standard InChI is InChI=1S/C29H31N7O4/c1-3-4-9-24-30-21-14-22-26(37)25(29(39)40-2)28(38)36(22)16-23(21)35(24)15-17-10-12-18(13-11-17)19-7-5-6-8-20(19)27-31-33-34-32-27/h5-8,10-13,22,24,30,37H,3-4,9,14-16H2,1-2H3,(H,31,32,33,34). The molecule has 0 aliphatic carbocycles. The van der Waals surface area contributed by atoms with Crippen molar-refractivity contribution in [3.05, 3.63) is 76.8 Å². The lowest BCUT2D eigenvalue weighted by Crippen LogP contribution is -2.43. The molecule has 11 nitrogen and oxygen atoms in total. The highest BCUT2D eigenvalue weighted by Crippen LogP contribution is 2.39. The summed E-state index contributed by atoms with van der Waals surface area (Å²) in [4.78, 5) is 29.2. The molecule has 4 heterocycles. The van der Waals surface area contributed by atoms with Gasteiger partial charge in [0.15, 0.2) is 5.57 Å². The maximum atomic E-state index is 13.1. The highest BCUT2D eigenvalue weighted by molar-refractivity contribution is 6.18. The number of hydrogen-bond donors (Lipinski definition) is 3. The third kappa shape index (κ3) is 4.37. The average molecular weight is 542 g/mol. The zero-order chi connectivity index (χ0) is 27.8. The Morgan fingerprint density at radius 2 is 1.93 bits per heavy atom. The highest BCUT2D eigenvalue weighted by Gasteiger charge is 2.48. The number of methoxy groups -OCH3 is 1. The van der Waals surface area contributed by atoms with Crippen LogP contribution in [0.4, 0.5) is 0 Å². The molecule has 0 fully saturated rings. The molecule has 6 rings (SSSR count). The zero-order valence-corrected chi connectivity index (χ0v) is 22.4. The molecular formula is C29H31N7O4. The van der Waals surface area contributed by atoms with Gasteiger partial charge in [0.2, 0.25) is 5.82 Å². The predicted molar refractivity (Wildman–Crippen MR) is 146 cm³/mol. The van der Waals surface area contributed by atoms with Crippen LogP contribution in [0, 0.1) is 0 Å². The van der Waals surface area contributed by atoms with Crippen LogP contribution in [0.1, 0.15) is 38.2 Å².